The predicted octanol–water partition coefficient (Wildman–Crippen LogP) is 2.62. The molecule has 1 saturated heterocycles. The fourth-order valence-corrected chi connectivity index (χ4v) is 4.47. The largest absolute Gasteiger partial charge is 0.497 e. The second kappa shape index (κ2) is 6.06. The van der Waals surface area contributed by atoms with Crippen LogP contribution in [0, 0.1) is 0 Å². The van der Waals surface area contributed by atoms with Crippen molar-refractivity contribution in [2.45, 2.75) is 23.8 Å². The molecule has 0 radical (unpaired) electrons. The minimum absolute atomic E-state index is 0.129. The molecule has 0 amide bonds. The molecule has 5 nitrogen and oxygen atoms in total. The zero-order valence-corrected chi connectivity index (χ0v) is 13.2. The van der Waals surface area contributed by atoms with Gasteiger partial charge in [-0.05, 0) is 42.7 Å². The highest BCUT2D eigenvalue weighted by atomic mass is 32.2. The van der Waals surface area contributed by atoms with Gasteiger partial charge in [0, 0.05) is 18.9 Å². The predicted molar refractivity (Wildman–Crippen MR) is 83.1 cm³/mol. The molecular formula is C16H18N2O3S. The van der Waals surface area contributed by atoms with Gasteiger partial charge in [0.15, 0.2) is 0 Å². The second-order valence-corrected chi connectivity index (χ2v) is 7.13. The fourth-order valence-electron chi connectivity index (χ4n) is 2.82. The van der Waals surface area contributed by atoms with Crippen LogP contribution in [0.1, 0.15) is 24.4 Å². The van der Waals surface area contributed by atoms with Gasteiger partial charge in [-0.1, -0.05) is 12.1 Å². The van der Waals surface area contributed by atoms with E-state index in [9.17, 15) is 8.42 Å². The van der Waals surface area contributed by atoms with Crippen molar-refractivity contribution >= 4 is 10.0 Å². The quantitative estimate of drug-likeness (QED) is 0.869. The normalized spacial score (nSPS) is 19.2. The van der Waals surface area contributed by atoms with E-state index < -0.39 is 10.0 Å². The molecule has 1 aromatic heterocycles. The third-order valence-corrected chi connectivity index (χ3v) is 5.84. The number of hydrogen-bond acceptors (Lipinski definition) is 4. The summed E-state index contributed by atoms with van der Waals surface area (Å²) >= 11 is 0. The Kier molecular flexibility index (Phi) is 4.13. The molecule has 0 N–H and O–H groups in total. The summed E-state index contributed by atoms with van der Waals surface area (Å²) < 4.78 is 32.3. The van der Waals surface area contributed by atoms with Crippen molar-refractivity contribution in [1.82, 2.24) is 9.29 Å². The molecule has 2 aromatic rings. The van der Waals surface area contributed by atoms with Gasteiger partial charge in [0.05, 0.1) is 13.2 Å². The molecule has 6 heteroatoms. The van der Waals surface area contributed by atoms with Crippen molar-refractivity contribution in [2.24, 2.45) is 0 Å². The third-order valence-electron chi connectivity index (χ3n) is 3.95. The van der Waals surface area contributed by atoms with Crippen molar-refractivity contribution in [1.29, 1.82) is 0 Å². The van der Waals surface area contributed by atoms with Crippen LogP contribution in [-0.2, 0) is 10.0 Å². The number of hydrogen-bond donors (Lipinski definition) is 0. The van der Waals surface area contributed by atoms with Crippen molar-refractivity contribution in [3.8, 4) is 5.75 Å². The molecule has 3 rings (SSSR count). The molecule has 0 spiro atoms. The van der Waals surface area contributed by atoms with Gasteiger partial charge in [-0.25, -0.2) is 8.42 Å². The summed E-state index contributed by atoms with van der Waals surface area (Å²) in [5, 5.41) is 0. The minimum atomic E-state index is -3.51. The lowest BCUT2D eigenvalue weighted by Crippen LogP contribution is -2.30. The molecule has 1 aliphatic rings. The Bertz CT molecular complexity index is 730. The van der Waals surface area contributed by atoms with Crippen LogP contribution >= 0.6 is 0 Å². The summed E-state index contributed by atoms with van der Waals surface area (Å²) in [7, 11) is -1.90. The van der Waals surface area contributed by atoms with Gasteiger partial charge in [-0.2, -0.15) is 4.31 Å². The zero-order valence-electron chi connectivity index (χ0n) is 12.3. The van der Waals surface area contributed by atoms with Gasteiger partial charge in [0.25, 0.3) is 0 Å². The van der Waals surface area contributed by atoms with Gasteiger partial charge in [0.2, 0.25) is 10.0 Å². The Morgan fingerprint density at radius 2 is 2.00 bits per heavy atom. The topological polar surface area (TPSA) is 59.5 Å². The maximum absolute atomic E-state index is 12.8. The van der Waals surface area contributed by atoms with E-state index in [1.54, 1.807) is 29.7 Å². The molecule has 0 bridgehead atoms. The Balaban J connectivity index is 1.92. The Morgan fingerprint density at radius 1 is 1.23 bits per heavy atom. The first-order valence-electron chi connectivity index (χ1n) is 7.19. The monoisotopic (exact) mass is 318 g/mol. The SMILES string of the molecule is COc1ccc(C2CCCN2S(=O)(=O)c2cccnc2)cc1. The summed E-state index contributed by atoms with van der Waals surface area (Å²) in [5.41, 5.74) is 0.991. The van der Waals surface area contributed by atoms with Gasteiger partial charge in [-0.3, -0.25) is 4.98 Å². The number of aromatic nitrogens is 1. The van der Waals surface area contributed by atoms with E-state index in [0.717, 1.165) is 24.2 Å². The van der Waals surface area contributed by atoms with E-state index in [-0.39, 0.29) is 10.9 Å². The highest BCUT2D eigenvalue weighted by Gasteiger charge is 2.36. The first-order chi connectivity index (χ1) is 10.6. The van der Waals surface area contributed by atoms with Crippen molar-refractivity contribution in [3.05, 3.63) is 54.4 Å². The van der Waals surface area contributed by atoms with Crippen molar-refractivity contribution < 1.29 is 13.2 Å². The molecule has 0 aliphatic carbocycles. The number of nitrogens with zero attached hydrogens (tertiary/aromatic N) is 2. The fraction of sp³-hybridized carbons (Fsp3) is 0.312. The lowest BCUT2D eigenvalue weighted by molar-refractivity contribution is 0.394. The van der Waals surface area contributed by atoms with Crippen LogP contribution in [0.2, 0.25) is 0 Å². The van der Waals surface area contributed by atoms with E-state index in [4.69, 9.17) is 4.74 Å². The molecule has 1 unspecified atom stereocenters. The second-order valence-electron chi connectivity index (χ2n) is 5.24. The minimum Gasteiger partial charge on any atom is -0.497 e. The highest BCUT2D eigenvalue weighted by molar-refractivity contribution is 7.89. The van der Waals surface area contributed by atoms with Gasteiger partial charge in [0.1, 0.15) is 10.6 Å². The number of rotatable bonds is 4. The molecule has 116 valence electrons. The zero-order chi connectivity index (χ0) is 15.6. The summed E-state index contributed by atoms with van der Waals surface area (Å²) in [6.45, 7) is 0.536. The number of pyridine rings is 1. The average molecular weight is 318 g/mol. The van der Waals surface area contributed by atoms with Crippen LogP contribution in [0.25, 0.3) is 0 Å². The average Bonchev–Trinajstić information content (AvgIpc) is 3.06. The van der Waals surface area contributed by atoms with E-state index in [1.165, 1.54) is 6.20 Å². The first kappa shape index (κ1) is 15.0. The van der Waals surface area contributed by atoms with E-state index in [2.05, 4.69) is 4.98 Å². The molecular weight excluding hydrogens is 300 g/mol. The van der Waals surface area contributed by atoms with Crippen LogP contribution in [0.3, 0.4) is 0 Å². The molecule has 0 saturated carbocycles. The summed E-state index contributed by atoms with van der Waals surface area (Å²) in [6, 6.07) is 10.7. The lowest BCUT2D eigenvalue weighted by Gasteiger charge is -2.24. The Morgan fingerprint density at radius 3 is 2.64 bits per heavy atom. The lowest BCUT2D eigenvalue weighted by atomic mass is 10.1. The van der Waals surface area contributed by atoms with Crippen molar-refractivity contribution in [3.63, 3.8) is 0 Å². The van der Waals surface area contributed by atoms with Crippen LogP contribution in [0.5, 0.6) is 5.75 Å². The number of ether oxygens (including phenoxy) is 1. The molecule has 1 aliphatic heterocycles. The number of benzene rings is 1. The third kappa shape index (κ3) is 2.71. The Hall–Kier alpha value is -1.92. The molecule has 22 heavy (non-hydrogen) atoms. The molecule has 2 heterocycles. The maximum atomic E-state index is 12.8. The number of methoxy groups -OCH3 is 1. The van der Waals surface area contributed by atoms with Gasteiger partial charge < -0.3 is 4.74 Å². The van der Waals surface area contributed by atoms with Crippen LogP contribution in [0.4, 0.5) is 0 Å². The van der Waals surface area contributed by atoms with Gasteiger partial charge >= 0.3 is 0 Å². The van der Waals surface area contributed by atoms with Crippen LogP contribution in [0.15, 0.2) is 53.7 Å². The molecule has 1 atom stereocenters. The smallest absolute Gasteiger partial charge is 0.245 e. The number of sulfonamides is 1. The first-order valence-corrected chi connectivity index (χ1v) is 8.63. The van der Waals surface area contributed by atoms with Crippen LogP contribution in [-0.4, -0.2) is 31.4 Å². The van der Waals surface area contributed by atoms with Crippen LogP contribution < -0.4 is 4.74 Å². The van der Waals surface area contributed by atoms with E-state index >= 15 is 0 Å². The molecule has 1 aromatic carbocycles. The van der Waals surface area contributed by atoms with E-state index in [0.29, 0.717) is 6.54 Å². The summed E-state index contributed by atoms with van der Waals surface area (Å²) in [4.78, 5) is 4.17. The summed E-state index contributed by atoms with van der Waals surface area (Å²) in [5.74, 6) is 0.767. The molecule has 1 fully saturated rings. The summed E-state index contributed by atoms with van der Waals surface area (Å²) in [6.07, 6.45) is 4.66. The highest BCUT2D eigenvalue weighted by Crippen LogP contribution is 2.36. The maximum Gasteiger partial charge on any atom is 0.245 e. The standard InChI is InChI=1S/C16H18N2O3S/c1-21-14-8-6-13(7-9-14)16-5-3-11-18(16)22(19,20)15-4-2-10-17-12-15/h2,4,6-10,12,16H,3,5,11H2,1H3. The van der Waals surface area contributed by atoms with Crippen molar-refractivity contribution in [2.75, 3.05) is 13.7 Å². The van der Waals surface area contributed by atoms with E-state index in [1.807, 2.05) is 24.3 Å². The Labute approximate surface area is 130 Å². The van der Waals surface area contributed by atoms with Gasteiger partial charge in [-0.15, -0.1) is 0 Å².